The molecule has 226 valence electrons. The maximum absolute atomic E-state index is 14.2. The van der Waals surface area contributed by atoms with E-state index < -0.39 is 38.0 Å². The van der Waals surface area contributed by atoms with Crippen LogP contribution in [0.1, 0.15) is 75.8 Å². The van der Waals surface area contributed by atoms with E-state index >= 15 is 0 Å². The molecule has 1 aromatic heterocycles. The van der Waals surface area contributed by atoms with Crippen LogP contribution in [0.25, 0.3) is 0 Å². The zero-order valence-corrected chi connectivity index (χ0v) is 25.6. The largest absolute Gasteiger partial charge is 0.461 e. The van der Waals surface area contributed by atoms with Crippen LogP contribution in [0.2, 0.25) is 0 Å². The lowest BCUT2D eigenvalue weighted by molar-refractivity contribution is -0.173. The quantitative estimate of drug-likeness (QED) is 0.251. The molecule has 2 bridgehead atoms. The Morgan fingerprint density at radius 2 is 1.83 bits per heavy atom. The van der Waals surface area contributed by atoms with Gasteiger partial charge in [-0.3, -0.25) is 4.79 Å². The van der Waals surface area contributed by atoms with E-state index in [0.29, 0.717) is 38.1 Å². The summed E-state index contributed by atoms with van der Waals surface area (Å²) < 4.78 is 37.9. The van der Waals surface area contributed by atoms with Crippen molar-refractivity contribution in [2.45, 2.75) is 76.9 Å². The number of carbonyl (C=O) groups is 1. The number of aliphatic hydroxyl groups excluding tert-OH is 1. The Bertz CT molecular complexity index is 1370. The topological polar surface area (TPSA) is 117 Å². The summed E-state index contributed by atoms with van der Waals surface area (Å²) in [7, 11) is -1.96. The van der Waals surface area contributed by atoms with Gasteiger partial charge in [-0.25, -0.2) is 8.42 Å². The molecule has 0 radical (unpaired) electrons. The van der Waals surface area contributed by atoms with E-state index in [1.807, 2.05) is 0 Å². The van der Waals surface area contributed by atoms with Crippen molar-refractivity contribution in [3.05, 3.63) is 48.0 Å². The molecule has 8 nitrogen and oxygen atoms in total. The van der Waals surface area contributed by atoms with E-state index in [1.54, 1.807) is 19.2 Å². The second-order valence-electron chi connectivity index (χ2n) is 14.1. The Hall–Kier alpha value is -1.78. The number of rotatable bonds is 9. The second kappa shape index (κ2) is 9.61. The van der Waals surface area contributed by atoms with Crippen molar-refractivity contribution in [3.8, 4) is 0 Å². The number of ketones is 1. The van der Waals surface area contributed by atoms with E-state index in [-0.39, 0.29) is 36.1 Å². The summed E-state index contributed by atoms with van der Waals surface area (Å²) in [6, 6.07) is 3.44. The highest BCUT2D eigenvalue weighted by molar-refractivity contribution is 7.88. The fourth-order valence-electron chi connectivity index (χ4n) is 10.2. The number of Topliss-reactive ketones (excluding diaryl/α,β-unsaturated/α-hetero) is 1. The van der Waals surface area contributed by atoms with Crippen molar-refractivity contribution >= 4 is 15.8 Å². The van der Waals surface area contributed by atoms with Gasteiger partial charge in [0.1, 0.15) is 0 Å². The SMILES string of the molecule is COCCCN(CC1(O)CCC2C34C=CC5(C=C3C(=O)c3ccco3)CC(O)CCC5(C)C4CCC21C)S(C)(=O)=O. The molecule has 8 unspecified atom stereocenters. The summed E-state index contributed by atoms with van der Waals surface area (Å²) in [5, 5.41) is 23.3. The highest BCUT2D eigenvalue weighted by Gasteiger charge is 2.74. The minimum Gasteiger partial charge on any atom is -0.461 e. The van der Waals surface area contributed by atoms with Crippen LogP contribution < -0.4 is 0 Å². The van der Waals surface area contributed by atoms with Crippen LogP contribution in [0.4, 0.5) is 0 Å². The molecular formula is C32H45NO7S. The molecule has 2 spiro atoms. The summed E-state index contributed by atoms with van der Waals surface area (Å²) in [5.41, 5.74) is -2.27. The van der Waals surface area contributed by atoms with Crippen molar-refractivity contribution in [3.63, 3.8) is 0 Å². The molecule has 6 aliphatic carbocycles. The first-order valence-corrected chi connectivity index (χ1v) is 17.0. The van der Waals surface area contributed by atoms with Gasteiger partial charge < -0.3 is 19.4 Å². The first-order valence-electron chi connectivity index (χ1n) is 15.1. The Morgan fingerprint density at radius 3 is 2.51 bits per heavy atom. The van der Waals surface area contributed by atoms with Gasteiger partial charge >= 0.3 is 0 Å². The van der Waals surface area contributed by atoms with Crippen LogP contribution in [0.15, 0.2) is 46.6 Å². The van der Waals surface area contributed by atoms with Gasteiger partial charge in [0.15, 0.2) is 5.76 Å². The molecule has 6 aliphatic rings. The third-order valence-electron chi connectivity index (χ3n) is 12.4. The molecule has 3 saturated carbocycles. The van der Waals surface area contributed by atoms with Gasteiger partial charge in [0.2, 0.25) is 15.8 Å². The smallest absolute Gasteiger partial charge is 0.224 e. The molecule has 0 aliphatic heterocycles. The van der Waals surface area contributed by atoms with Crippen LogP contribution in [-0.4, -0.2) is 73.5 Å². The minimum absolute atomic E-state index is 0.0333. The fraction of sp³-hybridized carbons (Fsp3) is 0.719. The van der Waals surface area contributed by atoms with Crippen LogP contribution in [0.5, 0.6) is 0 Å². The zero-order valence-electron chi connectivity index (χ0n) is 24.8. The van der Waals surface area contributed by atoms with E-state index in [4.69, 9.17) is 9.15 Å². The Labute approximate surface area is 243 Å². The summed E-state index contributed by atoms with van der Waals surface area (Å²) in [5.74, 6) is 0.298. The molecule has 1 aromatic rings. The summed E-state index contributed by atoms with van der Waals surface area (Å²) in [6.07, 6.45) is 14.5. The lowest BCUT2D eigenvalue weighted by Gasteiger charge is -2.71. The first kappa shape index (κ1) is 29.3. The molecule has 0 aromatic carbocycles. The number of fused-ring (bicyclic) bond motifs is 1. The fourth-order valence-corrected chi connectivity index (χ4v) is 11.1. The van der Waals surface area contributed by atoms with E-state index in [1.165, 1.54) is 16.8 Å². The Balaban J connectivity index is 1.45. The van der Waals surface area contributed by atoms with Crippen LogP contribution >= 0.6 is 0 Å². The number of carbonyl (C=O) groups excluding carboxylic acids is 1. The molecular weight excluding hydrogens is 542 g/mol. The maximum Gasteiger partial charge on any atom is 0.224 e. The number of nitrogens with zero attached hydrogens (tertiary/aromatic N) is 1. The number of ether oxygens (including phenoxy) is 1. The average Bonchev–Trinajstić information content (AvgIpc) is 3.54. The second-order valence-corrected chi connectivity index (χ2v) is 16.0. The maximum atomic E-state index is 14.2. The first-order chi connectivity index (χ1) is 19.3. The Kier molecular flexibility index (Phi) is 6.87. The van der Waals surface area contributed by atoms with Crippen LogP contribution in [0.3, 0.4) is 0 Å². The number of hydrogen-bond donors (Lipinski definition) is 2. The van der Waals surface area contributed by atoms with Crippen LogP contribution in [-0.2, 0) is 14.8 Å². The number of hydrogen-bond acceptors (Lipinski definition) is 7. The monoisotopic (exact) mass is 587 g/mol. The lowest BCUT2D eigenvalue weighted by atomic mass is 9.32. The predicted octanol–water partition coefficient (Wildman–Crippen LogP) is 4.35. The highest BCUT2D eigenvalue weighted by atomic mass is 32.2. The van der Waals surface area contributed by atoms with Gasteiger partial charge in [-0.15, -0.1) is 0 Å². The van der Waals surface area contributed by atoms with Gasteiger partial charge in [0, 0.05) is 48.6 Å². The minimum atomic E-state index is -3.56. The van der Waals surface area contributed by atoms with Crippen molar-refractivity contribution in [1.82, 2.24) is 4.31 Å². The van der Waals surface area contributed by atoms with Gasteiger partial charge in [-0.2, -0.15) is 4.31 Å². The van der Waals surface area contributed by atoms with Crippen molar-refractivity contribution in [2.24, 2.45) is 33.5 Å². The normalized spacial score (nSPS) is 43.0. The third kappa shape index (κ3) is 3.98. The highest BCUT2D eigenvalue weighted by Crippen LogP contribution is 2.78. The van der Waals surface area contributed by atoms with Crippen LogP contribution in [0, 0.1) is 33.5 Å². The number of aliphatic hydroxyl groups is 2. The standard InChI is InChI=1S/C32H45NO7S/c1-28-11-8-22(34)19-30(28)14-15-32(23(20-30)27(35)24-7-5-18-40-24)25(28)9-12-29(2)26(32)10-13-31(29,36)21-33(41(4,37)38)16-6-17-39-3/h5,7,14-15,18,20,22,25-26,34,36H,6,8-13,16-17,19,21H2,1-4H3. The predicted molar refractivity (Wildman–Crippen MR) is 155 cm³/mol. The van der Waals surface area contributed by atoms with Gasteiger partial charge in [0.05, 0.1) is 24.2 Å². The summed E-state index contributed by atoms with van der Waals surface area (Å²) in [4.78, 5) is 14.2. The molecule has 7 rings (SSSR count). The third-order valence-corrected chi connectivity index (χ3v) is 13.6. The van der Waals surface area contributed by atoms with Crippen molar-refractivity contribution < 1.29 is 32.6 Å². The zero-order chi connectivity index (χ0) is 29.5. The van der Waals surface area contributed by atoms with Crippen molar-refractivity contribution in [2.75, 3.05) is 33.1 Å². The molecule has 3 fully saturated rings. The summed E-state index contributed by atoms with van der Waals surface area (Å²) in [6.45, 7) is 5.23. The molecule has 1 heterocycles. The number of sulfonamides is 1. The van der Waals surface area contributed by atoms with E-state index in [9.17, 15) is 23.4 Å². The molecule has 2 N–H and O–H groups in total. The lowest BCUT2D eigenvalue weighted by Crippen LogP contribution is -2.67. The van der Waals surface area contributed by atoms with Gasteiger partial charge in [-0.05, 0) is 80.8 Å². The molecule has 0 saturated heterocycles. The molecule has 0 amide bonds. The Morgan fingerprint density at radius 1 is 1.12 bits per heavy atom. The number of furan rings is 1. The van der Waals surface area contributed by atoms with E-state index in [0.717, 1.165) is 31.3 Å². The number of methoxy groups -OCH3 is 1. The van der Waals surface area contributed by atoms with Gasteiger partial charge in [0.25, 0.3) is 0 Å². The average molecular weight is 588 g/mol. The molecule has 8 atom stereocenters. The molecule has 9 heteroatoms. The summed E-state index contributed by atoms with van der Waals surface area (Å²) >= 11 is 0. The molecule has 41 heavy (non-hydrogen) atoms. The number of allylic oxidation sites excluding steroid dienone is 4. The van der Waals surface area contributed by atoms with Crippen molar-refractivity contribution in [1.29, 1.82) is 0 Å². The van der Waals surface area contributed by atoms with Gasteiger partial charge in [-0.1, -0.05) is 32.1 Å². The van der Waals surface area contributed by atoms with E-state index in [2.05, 4.69) is 32.1 Å².